The lowest BCUT2D eigenvalue weighted by Crippen LogP contribution is -2.47. The van der Waals surface area contributed by atoms with Crippen molar-refractivity contribution in [1.82, 2.24) is 9.88 Å². The minimum atomic E-state index is 0.749. The number of unbranched alkanes of at least 4 members (excludes halogenated alkanes) is 2. The highest BCUT2D eigenvalue weighted by Crippen LogP contribution is 2.23. The molecule has 106 valence electrons. The Bertz CT molecular complexity index is 377. The molecule has 0 aromatic carbocycles. The fourth-order valence-corrected chi connectivity index (χ4v) is 2.69. The van der Waals surface area contributed by atoms with Gasteiger partial charge in [-0.1, -0.05) is 18.0 Å². The summed E-state index contributed by atoms with van der Waals surface area (Å²) in [6.45, 7) is 6.20. The van der Waals surface area contributed by atoms with Crippen LogP contribution in [-0.2, 0) is 0 Å². The number of nitrogens with two attached hydrogens (primary N) is 1. The largest absolute Gasteiger partial charge is 0.353 e. The molecule has 0 bridgehead atoms. The minimum Gasteiger partial charge on any atom is -0.353 e. The van der Waals surface area contributed by atoms with Gasteiger partial charge in [-0.3, -0.25) is 4.90 Å². The molecule has 0 saturated carbocycles. The Morgan fingerprint density at radius 3 is 2.63 bits per heavy atom. The number of anilines is 1. The monoisotopic (exact) mass is 282 g/mol. The van der Waals surface area contributed by atoms with E-state index in [0.717, 1.165) is 50.0 Å². The van der Waals surface area contributed by atoms with Crippen molar-refractivity contribution in [2.75, 3.05) is 44.2 Å². The van der Waals surface area contributed by atoms with E-state index in [4.69, 9.17) is 17.3 Å². The third kappa shape index (κ3) is 4.34. The van der Waals surface area contributed by atoms with Crippen LogP contribution in [0.4, 0.5) is 5.82 Å². The van der Waals surface area contributed by atoms with Gasteiger partial charge < -0.3 is 10.6 Å². The van der Waals surface area contributed by atoms with Gasteiger partial charge in [-0.15, -0.1) is 0 Å². The Labute approximate surface area is 120 Å². The summed E-state index contributed by atoms with van der Waals surface area (Å²) in [5.74, 6) is 0.923. The quantitative estimate of drug-likeness (QED) is 0.811. The van der Waals surface area contributed by atoms with Crippen LogP contribution in [0.5, 0.6) is 0 Å². The second-order valence-corrected chi connectivity index (χ2v) is 5.39. The first kappa shape index (κ1) is 14.6. The molecule has 19 heavy (non-hydrogen) atoms. The second-order valence-electron chi connectivity index (χ2n) is 4.99. The Hall–Kier alpha value is -0.840. The molecule has 2 heterocycles. The second kappa shape index (κ2) is 7.68. The number of halogens is 1. The van der Waals surface area contributed by atoms with Gasteiger partial charge in [0.25, 0.3) is 0 Å². The lowest BCUT2D eigenvalue weighted by molar-refractivity contribution is 0.252. The van der Waals surface area contributed by atoms with Gasteiger partial charge >= 0.3 is 0 Å². The van der Waals surface area contributed by atoms with Gasteiger partial charge in [0.05, 0.1) is 5.02 Å². The Kier molecular flexibility index (Phi) is 5.89. The average molecular weight is 283 g/mol. The van der Waals surface area contributed by atoms with Gasteiger partial charge in [0.15, 0.2) is 0 Å². The number of rotatable bonds is 6. The van der Waals surface area contributed by atoms with Gasteiger partial charge in [-0.2, -0.15) is 0 Å². The van der Waals surface area contributed by atoms with Gasteiger partial charge in [0.1, 0.15) is 5.82 Å². The highest BCUT2D eigenvalue weighted by molar-refractivity contribution is 6.32. The van der Waals surface area contributed by atoms with E-state index in [0.29, 0.717) is 0 Å². The SMILES string of the molecule is NCCCCCN1CCN(c2ncccc2Cl)CC1. The molecule has 1 aliphatic heterocycles. The van der Waals surface area contributed by atoms with Crippen LogP contribution in [0.3, 0.4) is 0 Å². The Balaban J connectivity index is 1.75. The van der Waals surface area contributed by atoms with E-state index in [1.807, 2.05) is 12.1 Å². The summed E-state index contributed by atoms with van der Waals surface area (Å²) in [6, 6.07) is 3.78. The molecular formula is C14H23ClN4. The number of piperazine rings is 1. The van der Waals surface area contributed by atoms with Crippen LogP contribution in [0, 0.1) is 0 Å². The molecule has 5 heteroatoms. The molecule has 0 spiro atoms. The van der Waals surface area contributed by atoms with Crippen molar-refractivity contribution in [2.24, 2.45) is 5.73 Å². The maximum absolute atomic E-state index is 6.18. The molecule has 0 amide bonds. The van der Waals surface area contributed by atoms with Crippen molar-refractivity contribution in [3.8, 4) is 0 Å². The summed E-state index contributed by atoms with van der Waals surface area (Å²) in [7, 11) is 0. The molecular weight excluding hydrogens is 260 g/mol. The molecule has 1 aliphatic rings. The Morgan fingerprint density at radius 2 is 1.95 bits per heavy atom. The van der Waals surface area contributed by atoms with Crippen molar-refractivity contribution in [2.45, 2.75) is 19.3 Å². The number of aromatic nitrogens is 1. The first-order chi connectivity index (χ1) is 9.31. The van der Waals surface area contributed by atoms with Crippen LogP contribution in [0.2, 0.25) is 5.02 Å². The fourth-order valence-electron chi connectivity index (χ4n) is 2.45. The summed E-state index contributed by atoms with van der Waals surface area (Å²) < 4.78 is 0. The van der Waals surface area contributed by atoms with Gasteiger partial charge in [-0.25, -0.2) is 4.98 Å². The van der Waals surface area contributed by atoms with Crippen molar-refractivity contribution in [3.63, 3.8) is 0 Å². The van der Waals surface area contributed by atoms with Gasteiger partial charge in [-0.05, 0) is 38.1 Å². The van der Waals surface area contributed by atoms with Crippen LogP contribution in [0.1, 0.15) is 19.3 Å². The molecule has 1 aromatic rings. The van der Waals surface area contributed by atoms with Crippen LogP contribution in [-0.4, -0.2) is 49.2 Å². The van der Waals surface area contributed by atoms with Crippen LogP contribution < -0.4 is 10.6 Å². The highest BCUT2D eigenvalue weighted by Gasteiger charge is 2.18. The maximum atomic E-state index is 6.18. The summed E-state index contributed by atoms with van der Waals surface area (Å²) in [6.07, 6.45) is 5.44. The summed E-state index contributed by atoms with van der Waals surface area (Å²) in [4.78, 5) is 9.17. The lowest BCUT2D eigenvalue weighted by atomic mass is 10.2. The number of nitrogens with zero attached hydrogens (tertiary/aromatic N) is 3. The zero-order valence-corrected chi connectivity index (χ0v) is 12.1. The smallest absolute Gasteiger partial charge is 0.147 e. The third-order valence-corrected chi connectivity index (χ3v) is 3.88. The van der Waals surface area contributed by atoms with Crippen molar-refractivity contribution in [1.29, 1.82) is 0 Å². The highest BCUT2D eigenvalue weighted by atomic mass is 35.5. The van der Waals surface area contributed by atoms with Crippen LogP contribution in [0.15, 0.2) is 18.3 Å². The van der Waals surface area contributed by atoms with E-state index in [9.17, 15) is 0 Å². The Morgan fingerprint density at radius 1 is 1.16 bits per heavy atom. The molecule has 0 radical (unpaired) electrons. The molecule has 0 aliphatic carbocycles. The molecule has 1 saturated heterocycles. The van der Waals surface area contributed by atoms with Crippen molar-refractivity contribution in [3.05, 3.63) is 23.4 Å². The van der Waals surface area contributed by atoms with E-state index < -0.39 is 0 Å². The van der Waals surface area contributed by atoms with E-state index in [-0.39, 0.29) is 0 Å². The first-order valence-corrected chi connectivity index (χ1v) is 7.47. The average Bonchev–Trinajstić information content (AvgIpc) is 2.45. The molecule has 2 rings (SSSR count). The van der Waals surface area contributed by atoms with E-state index in [1.165, 1.54) is 19.4 Å². The number of hydrogen-bond donors (Lipinski definition) is 1. The molecule has 1 fully saturated rings. The van der Waals surface area contributed by atoms with E-state index in [1.54, 1.807) is 6.20 Å². The third-order valence-electron chi connectivity index (χ3n) is 3.59. The predicted octanol–water partition coefficient (Wildman–Crippen LogP) is 1.99. The van der Waals surface area contributed by atoms with Gasteiger partial charge in [0, 0.05) is 32.4 Å². The fraction of sp³-hybridized carbons (Fsp3) is 0.643. The van der Waals surface area contributed by atoms with Crippen LogP contribution in [0.25, 0.3) is 0 Å². The summed E-state index contributed by atoms with van der Waals surface area (Å²) >= 11 is 6.18. The minimum absolute atomic E-state index is 0.749. The van der Waals surface area contributed by atoms with Crippen LogP contribution >= 0.6 is 11.6 Å². The molecule has 1 aromatic heterocycles. The van der Waals surface area contributed by atoms with E-state index in [2.05, 4.69) is 14.8 Å². The standard InChI is InChI=1S/C14H23ClN4/c15-13-5-4-7-17-14(13)19-11-9-18(10-12-19)8-3-1-2-6-16/h4-5,7H,1-3,6,8-12,16H2. The zero-order valence-electron chi connectivity index (χ0n) is 11.4. The lowest BCUT2D eigenvalue weighted by Gasteiger charge is -2.35. The summed E-state index contributed by atoms with van der Waals surface area (Å²) in [5, 5.41) is 0.749. The first-order valence-electron chi connectivity index (χ1n) is 7.09. The molecule has 2 N–H and O–H groups in total. The maximum Gasteiger partial charge on any atom is 0.147 e. The number of pyridine rings is 1. The van der Waals surface area contributed by atoms with Crippen molar-refractivity contribution >= 4 is 17.4 Å². The molecule has 0 unspecified atom stereocenters. The summed E-state index contributed by atoms with van der Waals surface area (Å²) in [5.41, 5.74) is 5.50. The number of hydrogen-bond acceptors (Lipinski definition) is 4. The zero-order chi connectivity index (χ0) is 13.5. The van der Waals surface area contributed by atoms with E-state index >= 15 is 0 Å². The molecule has 0 atom stereocenters. The van der Waals surface area contributed by atoms with Crippen molar-refractivity contribution < 1.29 is 0 Å². The topological polar surface area (TPSA) is 45.4 Å². The predicted molar refractivity (Wildman–Crippen MR) is 80.8 cm³/mol. The normalized spacial score (nSPS) is 16.8. The molecule has 4 nitrogen and oxygen atoms in total. The van der Waals surface area contributed by atoms with Gasteiger partial charge in [0.2, 0.25) is 0 Å².